The third-order valence-electron chi connectivity index (χ3n) is 5.25. The summed E-state index contributed by atoms with van der Waals surface area (Å²) in [5, 5.41) is 3.29. The molecule has 0 saturated heterocycles. The Bertz CT molecular complexity index is 835. The minimum absolute atomic E-state index is 0.245. The largest absolute Gasteiger partial charge is 0.378 e. The third kappa shape index (κ3) is 5.93. The van der Waals surface area contributed by atoms with Crippen LogP contribution in [0.5, 0.6) is 0 Å². The molecule has 0 unspecified atom stereocenters. The number of nitrogens with zero attached hydrogens (tertiary/aromatic N) is 1. The van der Waals surface area contributed by atoms with Gasteiger partial charge in [-0.25, -0.2) is 13.4 Å². The first-order chi connectivity index (χ1) is 14.1. The second-order valence-corrected chi connectivity index (χ2v) is 9.22. The zero-order chi connectivity index (χ0) is 20.5. The van der Waals surface area contributed by atoms with Crippen molar-refractivity contribution in [1.29, 1.82) is 0 Å². The summed E-state index contributed by atoms with van der Waals surface area (Å²) >= 11 is 0. The maximum atomic E-state index is 13.0. The molecule has 1 aliphatic rings. The number of ether oxygens (including phenoxy) is 1. The SMILES string of the molecule is CCN(c1ccccc1)S(=O)(=O)c1ccc(NCCCOC2CCCCC2)[nH+]c1. The zero-order valence-corrected chi connectivity index (χ0v) is 18.0. The Morgan fingerprint density at radius 3 is 2.52 bits per heavy atom. The minimum Gasteiger partial charge on any atom is -0.378 e. The van der Waals surface area contributed by atoms with Crippen LogP contribution in [0.1, 0.15) is 45.4 Å². The number of sulfonamides is 1. The van der Waals surface area contributed by atoms with Crippen LogP contribution < -0.4 is 14.6 Å². The summed E-state index contributed by atoms with van der Waals surface area (Å²) in [6.45, 7) is 3.74. The van der Waals surface area contributed by atoms with Crippen molar-refractivity contribution in [2.45, 2.75) is 56.4 Å². The number of aromatic nitrogens is 1. The summed E-state index contributed by atoms with van der Waals surface area (Å²) in [4.78, 5) is 3.30. The highest BCUT2D eigenvalue weighted by atomic mass is 32.2. The molecule has 0 aliphatic heterocycles. The number of hydrogen-bond donors (Lipinski definition) is 1. The van der Waals surface area contributed by atoms with Gasteiger partial charge in [0.25, 0.3) is 15.8 Å². The molecule has 0 spiro atoms. The molecular formula is C22H32N3O3S+. The van der Waals surface area contributed by atoms with Gasteiger partial charge in [-0.1, -0.05) is 37.5 Å². The highest BCUT2D eigenvalue weighted by molar-refractivity contribution is 7.92. The fraction of sp³-hybridized carbons (Fsp3) is 0.500. The van der Waals surface area contributed by atoms with E-state index in [2.05, 4.69) is 10.3 Å². The Morgan fingerprint density at radius 1 is 1.10 bits per heavy atom. The predicted molar refractivity (Wildman–Crippen MR) is 116 cm³/mol. The second kappa shape index (κ2) is 10.6. The van der Waals surface area contributed by atoms with Gasteiger partial charge in [-0.15, -0.1) is 0 Å². The number of rotatable bonds is 10. The van der Waals surface area contributed by atoms with Gasteiger partial charge in [0.1, 0.15) is 11.1 Å². The number of para-hydroxylation sites is 1. The zero-order valence-electron chi connectivity index (χ0n) is 17.1. The van der Waals surface area contributed by atoms with E-state index in [4.69, 9.17) is 4.74 Å². The average molecular weight is 419 g/mol. The summed E-state index contributed by atoms with van der Waals surface area (Å²) in [5.41, 5.74) is 0.662. The first-order valence-corrected chi connectivity index (χ1v) is 12.0. The Balaban J connectivity index is 1.51. The number of benzene rings is 1. The summed E-state index contributed by atoms with van der Waals surface area (Å²) in [5.74, 6) is 0.796. The molecule has 158 valence electrons. The number of aromatic amines is 1. The van der Waals surface area contributed by atoms with Gasteiger partial charge in [0.15, 0.2) is 0 Å². The number of nitrogens with one attached hydrogen (secondary N) is 2. The maximum Gasteiger partial charge on any atom is 0.272 e. The van der Waals surface area contributed by atoms with Crippen LogP contribution in [-0.2, 0) is 14.8 Å². The van der Waals surface area contributed by atoms with Gasteiger partial charge in [-0.05, 0) is 38.0 Å². The molecule has 6 nitrogen and oxygen atoms in total. The Morgan fingerprint density at radius 2 is 1.86 bits per heavy atom. The minimum atomic E-state index is -3.61. The van der Waals surface area contributed by atoms with E-state index in [1.54, 1.807) is 30.5 Å². The van der Waals surface area contributed by atoms with E-state index >= 15 is 0 Å². The Hall–Kier alpha value is -2.12. The first-order valence-electron chi connectivity index (χ1n) is 10.6. The van der Waals surface area contributed by atoms with Gasteiger partial charge in [0, 0.05) is 19.0 Å². The van der Waals surface area contributed by atoms with Crippen LogP contribution in [0.4, 0.5) is 11.5 Å². The lowest BCUT2D eigenvalue weighted by molar-refractivity contribution is -0.364. The van der Waals surface area contributed by atoms with Crippen LogP contribution in [0.3, 0.4) is 0 Å². The lowest BCUT2D eigenvalue weighted by atomic mass is 9.98. The van der Waals surface area contributed by atoms with Crippen molar-refractivity contribution in [3.63, 3.8) is 0 Å². The molecule has 3 rings (SSSR count). The van der Waals surface area contributed by atoms with E-state index in [-0.39, 0.29) is 4.90 Å². The summed E-state index contributed by atoms with van der Waals surface area (Å²) in [6, 6.07) is 12.6. The van der Waals surface area contributed by atoms with Crippen LogP contribution in [-0.4, -0.2) is 34.2 Å². The molecule has 2 aromatic rings. The molecule has 1 aromatic carbocycles. The molecule has 1 heterocycles. The van der Waals surface area contributed by atoms with E-state index in [0.717, 1.165) is 25.4 Å². The van der Waals surface area contributed by atoms with Crippen molar-refractivity contribution in [3.8, 4) is 0 Å². The average Bonchev–Trinajstić information content (AvgIpc) is 2.76. The lowest BCUT2D eigenvalue weighted by Gasteiger charge is -2.22. The molecule has 1 aromatic heterocycles. The normalized spacial score (nSPS) is 15.2. The van der Waals surface area contributed by atoms with Crippen molar-refractivity contribution in [1.82, 2.24) is 0 Å². The van der Waals surface area contributed by atoms with Crippen molar-refractivity contribution in [2.24, 2.45) is 0 Å². The van der Waals surface area contributed by atoms with Crippen molar-refractivity contribution in [3.05, 3.63) is 48.7 Å². The van der Waals surface area contributed by atoms with E-state index in [9.17, 15) is 8.42 Å². The van der Waals surface area contributed by atoms with Gasteiger partial charge in [-0.3, -0.25) is 9.62 Å². The van der Waals surface area contributed by atoms with Gasteiger partial charge in [0.2, 0.25) is 0 Å². The summed E-state index contributed by atoms with van der Waals surface area (Å²) in [7, 11) is -3.61. The van der Waals surface area contributed by atoms with Crippen molar-refractivity contribution >= 4 is 21.5 Å². The van der Waals surface area contributed by atoms with Gasteiger partial charge >= 0.3 is 0 Å². The van der Waals surface area contributed by atoms with E-state index in [0.29, 0.717) is 18.3 Å². The molecule has 1 aliphatic carbocycles. The van der Waals surface area contributed by atoms with Gasteiger partial charge in [0.05, 0.1) is 24.9 Å². The third-order valence-corrected chi connectivity index (χ3v) is 7.14. The molecule has 2 N–H and O–H groups in total. The van der Waals surface area contributed by atoms with Crippen LogP contribution >= 0.6 is 0 Å². The van der Waals surface area contributed by atoms with Gasteiger partial charge < -0.3 is 4.74 Å². The van der Waals surface area contributed by atoms with Crippen molar-refractivity contribution < 1.29 is 18.1 Å². The van der Waals surface area contributed by atoms with Crippen LogP contribution in [0, 0.1) is 0 Å². The highest BCUT2D eigenvalue weighted by Gasteiger charge is 2.24. The van der Waals surface area contributed by atoms with E-state index < -0.39 is 10.0 Å². The molecule has 29 heavy (non-hydrogen) atoms. The smallest absolute Gasteiger partial charge is 0.272 e. The fourth-order valence-electron chi connectivity index (χ4n) is 3.67. The molecule has 1 fully saturated rings. The molecule has 0 radical (unpaired) electrons. The number of hydrogen-bond acceptors (Lipinski definition) is 4. The van der Waals surface area contributed by atoms with Crippen LogP contribution in [0.15, 0.2) is 53.6 Å². The molecule has 1 saturated carbocycles. The van der Waals surface area contributed by atoms with Gasteiger partial charge in [-0.2, -0.15) is 0 Å². The summed E-state index contributed by atoms with van der Waals surface area (Å²) in [6.07, 6.45) is 9.18. The van der Waals surface area contributed by atoms with E-state index in [1.807, 2.05) is 25.1 Å². The molecule has 0 amide bonds. The number of pyridine rings is 1. The monoisotopic (exact) mass is 418 g/mol. The number of H-pyrrole nitrogens is 1. The number of anilines is 2. The molecule has 0 bridgehead atoms. The topological polar surface area (TPSA) is 72.8 Å². The summed E-state index contributed by atoms with van der Waals surface area (Å²) < 4.78 is 33.3. The quantitative estimate of drug-likeness (QED) is 0.595. The van der Waals surface area contributed by atoms with E-state index in [1.165, 1.54) is 36.4 Å². The molecular weight excluding hydrogens is 386 g/mol. The molecule has 7 heteroatoms. The second-order valence-electron chi connectivity index (χ2n) is 7.35. The highest BCUT2D eigenvalue weighted by Crippen LogP contribution is 2.23. The Kier molecular flexibility index (Phi) is 7.89. The predicted octanol–water partition coefficient (Wildman–Crippen LogP) is 3.87. The lowest BCUT2D eigenvalue weighted by Crippen LogP contribution is -2.31. The van der Waals surface area contributed by atoms with Crippen LogP contribution in [0.25, 0.3) is 0 Å². The molecule has 0 atom stereocenters. The van der Waals surface area contributed by atoms with Crippen LogP contribution in [0.2, 0.25) is 0 Å². The fourth-order valence-corrected chi connectivity index (χ4v) is 5.11. The Labute approximate surface area is 174 Å². The maximum absolute atomic E-state index is 13.0. The van der Waals surface area contributed by atoms with Crippen molar-refractivity contribution in [2.75, 3.05) is 29.3 Å². The first kappa shape index (κ1) is 21.6. The standard InChI is InChI=1S/C22H31N3O3S/c1-2-25(19-10-5-3-6-11-19)29(26,27)21-14-15-22(24-18-21)23-16-9-17-28-20-12-7-4-8-13-20/h3,5-6,10-11,14-15,18,20H,2,4,7-9,12-13,16-17H2,1H3,(H,23,24)/p+1.